The summed E-state index contributed by atoms with van der Waals surface area (Å²) < 4.78 is 32.0. The maximum Gasteiger partial charge on any atom is 0.410 e. The Morgan fingerprint density at radius 2 is 1.94 bits per heavy atom. The molecule has 0 unspecified atom stereocenters. The summed E-state index contributed by atoms with van der Waals surface area (Å²) in [6.07, 6.45) is 0.0709. The van der Waals surface area contributed by atoms with E-state index in [9.17, 15) is 13.2 Å². The van der Waals surface area contributed by atoms with E-state index in [1.807, 2.05) is 0 Å². The highest BCUT2D eigenvalue weighted by Crippen LogP contribution is 2.29. The minimum absolute atomic E-state index is 0.0705. The zero-order valence-corrected chi connectivity index (χ0v) is 9.58. The molecule has 16 heavy (non-hydrogen) atoms. The molecule has 0 atom stereocenters. The molecular formula is C9H11NO5S. The van der Waals surface area contributed by atoms with E-state index < -0.39 is 15.9 Å². The lowest BCUT2D eigenvalue weighted by molar-refractivity contribution is 0.208. The van der Waals surface area contributed by atoms with E-state index in [0.717, 1.165) is 6.26 Å². The summed E-state index contributed by atoms with van der Waals surface area (Å²) in [6, 6.07) is 3.86. The normalized spacial score (nSPS) is 10.9. The number of sulfone groups is 1. The van der Waals surface area contributed by atoms with Gasteiger partial charge in [-0.05, 0) is 12.1 Å². The summed E-state index contributed by atoms with van der Waals surface area (Å²) in [4.78, 5) is 10.6. The first-order valence-corrected chi connectivity index (χ1v) is 6.09. The van der Waals surface area contributed by atoms with E-state index in [-0.39, 0.29) is 16.4 Å². The van der Waals surface area contributed by atoms with Gasteiger partial charge in [-0.1, -0.05) is 0 Å². The van der Waals surface area contributed by atoms with Gasteiger partial charge >= 0.3 is 6.09 Å². The van der Waals surface area contributed by atoms with Crippen LogP contribution < -0.4 is 15.2 Å². The van der Waals surface area contributed by atoms with Gasteiger partial charge < -0.3 is 15.2 Å². The van der Waals surface area contributed by atoms with Gasteiger partial charge in [0.25, 0.3) is 0 Å². The van der Waals surface area contributed by atoms with Gasteiger partial charge in [0.15, 0.2) is 21.3 Å². The predicted octanol–water partition coefficient (Wildman–Crippen LogP) is 0.556. The number of hydrogen-bond donors (Lipinski definition) is 1. The minimum atomic E-state index is -3.33. The molecule has 0 saturated carbocycles. The average Bonchev–Trinajstić information content (AvgIpc) is 2.15. The molecular weight excluding hydrogens is 234 g/mol. The highest BCUT2D eigenvalue weighted by molar-refractivity contribution is 7.90. The summed E-state index contributed by atoms with van der Waals surface area (Å²) in [7, 11) is -2.00. The van der Waals surface area contributed by atoms with Crippen LogP contribution in [-0.4, -0.2) is 27.9 Å². The summed E-state index contributed by atoms with van der Waals surface area (Å²) in [5, 5.41) is 0. The smallest absolute Gasteiger partial charge is 0.410 e. The summed E-state index contributed by atoms with van der Waals surface area (Å²) in [5.74, 6) is 0.198. The van der Waals surface area contributed by atoms with Crippen LogP contribution in [0.2, 0.25) is 0 Å². The largest absolute Gasteiger partial charge is 0.493 e. The van der Waals surface area contributed by atoms with Crippen LogP contribution >= 0.6 is 0 Å². The van der Waals surface area contributed by atoms with E-state index in [4.69, 9.17) is 10.5 Å². The van der Waals surface area contributed by atoms with Crippen molar-refractivity contribution in [1.29, 1.82) is 0 Å². The van der Waals surface area contributed by atoms with Crippen molar-refractivity contribution in [2.24, 2.45) is 5.73 Å². The van der Waals surface area contributed by atoms with Crippen molar-refractivity contribution in [2.45, 2.75) is 4.90 Å². The molecule has 0 bridgehead atoms. The molecule has 88 valence electrons. The number of methoxy groups -OCH3 is 1. The van der Waals surface area contributed by atoms with Gasteiger partial charge in [-0.3, -0.25) is 0 Å². The molecule has 0 aliphatic carbocycles. The molecule has 0 fully saturated rings. The molecule has 0 spiro atoms. The van der Waals surface area contributed by atoms with Gasteiger partial charge in [0.1, 0.15) is 0 Å². The standard InChI is InChI=1S/C9H11NO5S/c1-14-8-5-6(16(2,12)13)3-4-7(8)15-9(10)11/h3-5H,1-2H3,(H2,10,11). The van der Waals surface area contributed by atoms with Crippen LogP contribution in [0.15, 0.2) is 23.1 Å². The second kappa shape index (κ2) is 4.40. The molecule has 0 saturated heterocycles. The number of amides is 1. The van der Waals surface area contributed by atoms with Crippen LogP contribution in [0.3, 0.4) is 0 Å². The van der Waals surface area contributed by atoms with E-state index in [0.29, 0.717) is 0 Å². The van der Waals surface area contributed by atoms with Crippen molar-refractivity contribution in [1.82, 2.24) is 0 Å². The summed E-state index contributed by atoms with van der Waals surface area (Å²) in [6.45, 7) is 0. The highest BCUT2D eigenvalue weighted by atomic mass is 32.2. The van der Waals surface area contributed by atoms with Gasteiger partial charge in [-0.15, -0.1) is 0 Å². The molecule has 0 aromatic heterocycles. The lowest BCUT2D eigenvalue weighted by atomic mass is 10.3. The Hall–Kier alpha value is -1.76. The SMILES string of the molecule is COc1cc(S(C)(=O)=O)ccc1OC(N)=O. The quantitative estimate of drug-likeness (QED) is 0.839. The zero-order chi connectivity index (χ0) is 12.3. The van der Waals surface area contributed by atoms with E-state index in [1.54, 1.807) is 0 Å². The van der Waals surface area contributed by atoms with Crippen LogP contribution in [-0.2, 0) is 9.84 Å². The number of carbonyl (C=O) groups is 1. The number of carbonyl (C=O) groups excluding carboxylic acids is 1. The van der Waals surface area contributed by atoms with Crippen molar-refractivity contribution < 1.29 is 22.7 Å². The lowest BCUT2D eigenvalue weighted by Crippen LogP contribution is -2.16. The van der Waals surface area contributed by atoms with Crippen molar-refractivity contribution >= 4 is 15.9 Å². The number of ether oxygens (including phenoxy) is 2. The fourth-order valence-electron chi connectivity index (χ4n) is 1.07. The zero-order valence-electron chi connectivity index (χ0n) is 8.76. The summed E-state index contributed by atoms with van der Waals surface area (Å²) in [5.41, 5.74) is 4.84. The van der Waals surface area contributed by atoms with Gasteiger partial charge in [-0.25, -0.2) is 13.2 Å². The van der Waals surface area contributed by atoms with E-state index in [1.165, 1.54) is 25.3 Å². The third-order valence-electron chi connectivity index (χ3n) is 1.77. The van der Waals surface area contributed by atoms with E-state index in [2.05, 4.69) is 4.74 Å². The maximum atomic E-state index is 11.2. The Bertz CT molecular complexity index is 509. The summed E-state index contributed by atoms with van der Waals surface area (Å²) >= 11 is 0. The first-order chi connectivity index (χ1) is 7.34. The second-order valence-electron chi connectivity index (χ2n) is 3.01. The molecule has 0 aliphatic rings. The molecule has 2 N–H and O–H groups in total. The van der Waals surface area contributed by atoms with Crippen LogP contribution in [0.1, 0.15) is 0 Å². The van der Waals surface area contributed by atoms with Crippen LogP contribution in [0, 0.1) is 0 Å². The topological polar surface area (TPSA) is 95.7 Å². The highest BCUT2D eigenvalue weighted by Gasteiger charge is 2.13. The molecule has 1 rings (SSSR count). The molecule has 1 aromatic carbocycles. The first-order valence-electron chi connectivity index (χ1n) is 4.20. The number of benzene rings is 1. The molecule has 1 aromatic rings. The molecule has 6 nitrogen and oxygen atoms in total. The average molecular weight is 245 g/mol. The molecule has 0 aliphatic heterocycles. The molecule has 0 radical (unpaired) electrons. The predicted molar refractivity (Wildman–Crippen MR) is 56.3 cm³/mol. The minimum Gasteiger partial charge on any atom is -0.493 e. The molecule has 7 heteroatoms. The Morgan fingerprint density at radius 3 is 2.38 bits per heavy atom. The van der Waals surface area contributed by atoms with Crippen LogP contribution in [0.25, 0.3) is 0 Å². The number of hydrogen-bond acceptors (Lipinski definition) is 5. The molecule has 0 heterocycles. The van der Waals surface area contributed by atoms with Gasteiger partial charge in [-0.2, -0.15) is 0 Å². The first kappa shape index (κ1) is 12.3. The number of rotatable bonds is 3. The van der Waals surface area contributed by atoms with Crippen molar-refractivity contribution in [3.63, 3.8) is 0 Å². The van der Waals surface area contributed by atoms with Crippen molar-refractivity contribution in [3.05, 3.63) is 18.2 Å². The fourth-order valence-corrected chi connectivity index (χ4v) is 1.71. The molecule has 1 amide bonds. The fraction of sp³-hybridized carbons (Fsp3) is 0.222. The van der Waals surface area contributed by atoms with Gasteiger partial charge in [0, 0.05) is 12.3 Å². The Labute approximate surface area is 92.9 Å². The third kappa shape index (κ3) is 2.86. The second-order valence-corrected chi connectivity index (χ2v) is 5.02. The van der Waals surface area contributed by atoms with E-state index >= 15 is 0 Å². The van der Waals surface area contributed by atoms with Crippen LogP contribution in [0.5, 0.6) is 11.5 Å². The number of primary amides is 1. The Morgan fingerprint density at radius 1 is 1.31 bits per heavy atom. The van der Waals surface area contributed by atoms with Gasteiger partial charge in [0.05, 0.1) is 12.0 Å². The monoisotopic (exact) mass is 245 g/mol. The Kier molecular flexibility index (Phi) is 3.38. The third-order valence-corrected chi connectivity index (χ3v) is 2.88. The maximum absolute atomic E-state index is 11.2. The van der Waals surface area contributed by atoms with Crippen molar-refractivity contribution in [2.75, 3.05) is 13.4 Å². The van der Waals surface area contributed by atoms with Gasteiger partial charge in [0.2, 0.25) is 0 Å². The number of nitrogens with two attached hydrogens (primary N) is 1. The van der Waals surface area contributed by atoms with Crippen molar-refractivity contribution in [3.8, 4) is 11.5 Å². The Balaban J connectivity index is 3.22. The van der Waals surface area contributed by atoms with Crippen LogP contribution in [0.4, 0.5) is 4.79 Å². The lowest BCUT2D eigenvalue weighted by Gasteiger charge is -2.08.